The number of rotatable bonds is 12. The van der Waals surface area contributed by atoms with E-state index in [1.54, 1.807) is 24.3 Å². The van der Waals surface area contributed by atoms with E-state index in [2.05, 4.69) is 15.0 Å². The zero-order chi connectivity index (χ0) is 33.7. The molecule has 240 valence electrons. The molecule has 0 N–H and O–H groups in total. The van der Waals surface area contributed by atoms with Crippen molar-refractivity contribution in [2.75, 3.05) is 0 Å². The molecule has 2 aliphatic heterocycles. The first-order chi connectivity index (χ1) is 22.6. The number of hydrogen-bond acceptors (Lipinski definition) is 12. The standard InChI is InChI=1S/C30H25N7O10/c1-17(47-30(40)46-16-20-7-3-5-9-24(20)37(43)44)26-25-12-22(18-10-11-21(32-13-18)14-33-34-31)27(35(25)28(26)38)29(39)45-15-19-6-2-4-8-23(19)36(41)42/h2-11,13,17,25-26H,12,14-16H2,1H3/t17-,25-,26-/m1/s1. The number of nitrogens with zero attached hydrogens (tertiary/aromatic N) is 7. The fraction of sp³-hybridized carbons (Fsp3) is 0.267. The van der Waals surface area contributed by atoms with Crippen LogP contribution in [-0.4, -0.2) is 49.9 Å². The maximum atomic E-state index is 13.5. The van der Waals surface area contributed by atoms with Crippen molar-refractivity contribution in [1.82, 2.24) is 9.88 Å². The van der Waals surface area contributed by atoms with Crippen LogP contribution in [-0.2, 0) is 43.6 Å². The number of esters is 1. The SMILES string of the molecule is C[C@@H](OC(=O)OCc1ccccc1[N+](=O)[O-])[C@H]1C(=O)N2C(C(=O)OCc3ccccc3[N+](=O)[O-])=C(c3ccc(CN=[N+]=[N-])nc3)C[C@H]12. The van der Waals surface area contributed by atoms with Crippen LogP contribution in [0.5, 0.6) is 0 Å². The molecule has 3 atom stereocenters. The Hall–Kier alpha value is -6.35. The molecule has 1 saturated heterocycles. The fourth-order valence-electron chi connectivity index (χ4n) is 5.53. The predicted octanol–water partition coefficient (Wildman–Crippen LogP) is 5.14. The first-order valence-corrected chi connectivity index (χ1v) is 14.1. The van der Waals surface area contributed by atoms with E-state index in [1.165, 1.54) is 54.4 Å². The van der Waals surface area contributed by atoms with Crippen LogP contribution < -0.4 is 0 Å². The molecule has 2 aromatic carbocycles. The molecule has 0 spiro atoms. The largest absolute Gasteiger partial charge is 0.508 e. The molecule has 1 fully saturated rings. The van der Waals surface area contributed by atoms with Crippen LogP contribution in [0.3, 0.4) is 0 Å². The molecular formula is C30H25N7O10. The molecular weight excluding hydrogens is 618 g/mol. The van der Waals surface area contributed by atoms with Gasteiger partial charge >= 0.3 is 12.1 Å². The van der Waals surface area contributed by atoms with Gasteiger partial charge in [-0.05, 0) is 48.2 Å². The number of hydrogen-bond donors (Lipinski definition) is 0. The average Bonchev–Trinajstić information content (AvgIpc) is 3.40. The van der Waals surface area contributed by atoms with Gasteiger partial charge in [-0.15, -0.1) is 0 Å². The Morgan fingerprint density at radius 2 is 1.64 bits per heavy atom. The molecule has 1 aromatic heterocycles. The van der Waals surface area contributed by atoms with Crippen molar-refractivity contribution >= 4 is 35.0 Å². The molecule has 2 aliphatic rings. The lowest BCUT2D eigenvalue weighted by atomic mass is 9.82. The number of aromatic nitrogens is 1. The molecule has 3 aromatic rings. The summed E-state index contributed by atoms with van der Waals surface area (Å²) in [4.78, 5) is 69.2. The number of azide groups is 1. The number of ether oxygens (including phenoxy) is 3. The quantitative estimate of drug-likeness (QED) is 0.0477. The number of nitro groups is 2. The number of carbonyl (C=O) groups excluding carboxylic acids is 3. The van der Waals surface area contributed by atoms with Crippen LogP contribution in [0.25, 0.3) is 16.0 Å². The monoisotopic (exact) mass is 643 g/mol. The number of benzene rings is 2. The molecule has 0 aliphatic carbocycles. The van der Waals surface area contributed by atoms with Crippen molar-refractivity contribution in [1.29, 1.82) is 0 Å². The number of para-hydroxylation sites is 2. The lowest BCUT2D eigenvalue weighted by Gasteiger charge is -2.45. The van der Waals surface area contributed by atoms with Gasteiger partial charge in [0.15, 0.2) is 0 Å². The van der Waals surface area contributed by atoms with Crippen LogP contribution in [0, 0.1) is 26.1 Å². The van der Waals surface area contributed by atoms with E-state index < -0.39 is 59.2 Å². The lowest BCUT2D eigenvalue weighted by Crippen LogP contribution is -2.62. The minimum Gasteiger partial charge on any atom is -0.456 e. The summed E-state index contributed by atoms with van der Waals surface area (Å²) in [6.07, 6.45) is -0.534. The number of amides is 1. The zero-order valence-electron chi connectivity index (χ0n) is 24.6. The maximum absolute atomic E-state index is 13.5. The first-order valence-electron chi connectivity index (χ1n) is 14.1. The van der Waals surface area contributed by atoms with Crippen molar-refractivity contribution in [3.8, 4) is 0 Å². The van der Waals surface area contributed by atoms with Crippen LogP contribution >= 0.6 is 0 Å². The van der Waals surface area contributed by atoms with Gasteiger partial charge in [-0.1, -0.05) is 35.4 Å². The van der Waals surface area contributed by atoms with Crippen molar-refractivity contribution < 1.29 is 38.4 Å². The smallest absolute Gasteiger partial charge is 0.456 e. The lowest BCUT2D eigenvalue weighted by molar-refractivity contribution is -0.386. The van der Waals surface area contributed by atoms with Gasteiger partial charge in [-0.25, -0.2) is 9.59 Å². The second-order valence-electron chi connectivity index (χ2n) is 10.5. The Bertz CT molecular complexity index is 1840. The summed E-state index contributed by atoms with van der Waals surface area (Å²) in [6.45, 7) is 0.624. The molecule has 5 rings (SSSR count). The molecule has 0 saturated carbocycles. The van der Waals surface area contributed by atoms with Gasteiger partial charge < -0.3 is 19.1 Å². The van der Waals surface area contributed by atoms with Gasteiger partial charge in [0.1, 0.15) is 25.0 Å². The number of carbonyl (C=O) groups is 3. The van der Waals surface area contributed by atoms with E-state index >= 15 is 0 Å². The third kappa shape index (κ3) is 6.69. The summed E-state index contributed by atoms with van der Waals surface area (Å²) >= 11 is 0. The molecule has 17 heteroatoms. The number of nitro benzene ring substituents is 2. The Kier molecular flexibility index (Phi) is 9.37. The highest BCUT2D eigenvalue weighted by molar-refractivity contribution is 6.06. The van der Waals surface area contributed by atoms with Crippen molar-refractivity contribution in [2.24, 2.45) is 11.0 Å². The van der Waals surface area contributed by atoms with Gasteiger partial charge in [0.05, 0.1) is 39.5 Å². The molecule has 1 amide bonds. The summed E-state index contributed by atoms with van der Waals surface area (Å²) in [6, 6.07) is 14.1. The van der Waals surface area contributed by atoms with Crippen molar-refractivity contribution in [3.05, 3.63) is 126 Å². The Labute approximate surface area is 265 Å². The van der Waals surface area contributed by atoms with Crippen molar-refractivity contribution in [3.63, 3.8) is 0 Å². The van der Waals surface area contributed by atoms with E-state index in [-0.39, 0.29) is 41.2 Å². The summed E-state index contributed by atoms with van der Waals surface area (Å²) < 4.78 is 15.9. The van der Waals surface area contributed by atoms with Gasteiger partial charge in [-0.3, -0.25) is 30.0 Å². The van der Waals surface area contributed by atoms with Crippen molar-refractivity contribution in [2.45, 2.75) is 45.2 Å². The third-order valence-electron chi connectivity index (χ3n) is 7.74. The Balaban J connectivity index is 1.33. The van der Waals surface area contributed by atoms with E-state index in [4.69, 9.17) is 19.7 Å². The zero-order valence-corrected chi connectivity index (χ0v) is 24.6. The molecule has 0 bridgehead atoms. The van der Waals surface area contributed by atoms with Gasteiger partial charge in [0, 0.05) is 28.9 Å². The van der Waals surface area contributed by atoms with Gasteiger partial charge in [0.2, 0.25) is 5.91 Å². The number of fused-ring (bicyclic) bond motifs is 1. The Morgan fingerprint density at radius 1 is 1.02 bits per heavy atom. The summed E-state index contributed by atoms with van der Waals surface area (Å²) in [5.41, 5.74) is 9.70. The topological polar surface area (TPSA) is 230 Å². The molecule has 3 heterocycles. The second-order valence-corrected chi connectivity index (χ2v) is 10.5. The molecule has 17 nitrogen and oxygen atoms in total. The van der Waals surface area contributed by atoms with Gasteiger partial charge in [0.25, 0.3) is 11.4 Å². The summed E-state index contributed by atoms with van der Waals surface area (Å²) in [7, 11) is 0. The average molecular weight is 644 g/mol. The summed E-state index contributed by atoms with van der Waals surface area (Å²) in [5.74, 6) is -2.31. The van der Waals surface area contributed by atoms with E-state index in [1.807, 2.05) is 0 Å². The van der Waals surface area contributed by atoms with Crippen LogP contribution in [0.4, 0.5) is 16.2 Å². The first kappa shape index (κ1) is 32.1. The summed E-state index contributed by atoms with van der Waals surface area (Å²) in [5, 5.41) is 26.1. The normalized spacial score (nSPS) is 17.1. The highest BCUT2D eigenvalue weighted by atomic mass is 16.7. The predicted molar refractivity (Wildman–Crippen MR) is 159 cm³/mol. The molecule has 0 unspecified atom stereocenters. The highest BCUT2D eigenvalue weighted by Gasteiger charge is 2.58. The second kappa shape index (κ2) is 13.7. The number of pyridine rings is 1. The van der Waals surface area contributed by atoms with Gasteiger partial charge in [-0.2, -0.15) is 0 Å². The number of β-lactam (4-membered cyclic amide) rings is 1. The third-order valence-corrected chi connectivity index (χ3v) is 7.74. The van der Waals surface area contributed by atoms with Crippen LogP contribution in [0.2, 0.25) is 0 Å². The van der Waals surface area contributed by atoms with E-state index in [0.717, 1.165) is 0 Å². The van der Waals surface area contributed by atoms with E-state index in [9.17, 15) is 34.6 Å². The highest BCUT2D eigenvalue weighted by Crippen LogP contribution is 2.47. The van der Waals surface area contributed by atoms with Crippen LogP contribution in [0.1, 0.15) is 35.7 Å². The minimum atomic E-state index is -1.14. The maximum Gasteiger partial charge on any atom is 0.508 e. The minimum absolute atomic E-state index is 0.00152. The molecule has 0 radical (unpaired) electrons. The Morgan fingerprint density at radius 3 is 2.21 bits per heavy atom. The molecule has 47 heavy (non-hydrogen) atoms. The van der Waals surface area contributed by atoms with Crippen LogP contribution in [0.15, 0.2) is 77.7 Å². The fourth-order valence-corrected chi connectivity index (χ4v) is 5.53. The van der Waals surface area contributed by atoms with E-state index in [0.29, 0.717) is 16.8 Å².